The zero-order valence-electron chi connectivity index (χ0n) is 10.4. The maximum atomic E-state index is 11.9. The molecule has 3 N–H and O–H groups in total. The van der Waals surface area contributed by atoms with Gasteiger partial charge < -0.3 is 5.32 Å². The standard InChI is InChI=1S/C12H15ClN2O3S/c1-12(2-3-12)7-15-11(16)8-4-9(13)6-10(5-8)19(14,17)18/h4-6H,2-3,7H2,1H3,(H,15,16)(H2,14,17,18). The summed E-state index contributed by atoms with van der Waals surface area (Å²) in [5.41, 5.74) is 0.373. The molecule has 1 aliphatic carbocycles. The molecule has 0 atom stereocenters. The summed E-state index contributed by atoms with van der Waals surface area (Å²) in [6, 6.07) is 3.86. The van der Waals surface area contributed by atoms with Crippen molar-refractivity contribution in [2.45, 2.75) is 24.7 Å². The van der Waals surface area contributed by atoms with Crippen LogP contribution in [0.5, 0.6) is 0 Å². The van der Waals surface area contributed by atoms with E-state index in [1.165, 1.54) is 18.2 Å². The maximum absolute atomic E-state index is 11.9. The molecule has 19 heavy (non-hydrogen) atoms. The van der Waals surface area contributed by atoms with Gasteiger partial charge >= 0.3 is 0 Å². The van der Waals surface area contributed by atoms with E-state index in [2.05, 4.69) is 12.2 Å². The smallest absolute Gasteiger partial charge is 0.251 e. The first-order chi connectivity index (χ1) is 8.70. The van der Waals surface area contributed by atoms with E-state index >= 15 is 0 Å². The molecular formula is C12H15ClN2O3S. The Morgan fingerprint density at radius 2 is 2.05 bits per heavy atom. The summed E-state index contributed by atoms with van der Waals surface area (Å²) >= 11 is 5.80. The van der Waals surface area contributed by atoms with Gasteiger partial charge in [-0.25, -0.2) is 13.6 Å². The molecular weight excluding hydrogens is 288 g/mol. The van der Waals surface area contributed by atoms with Gasteiger partial charge in [-0.2, -0.15) is 0 Å². The van der Waals surface area contributed by atoms with Crippen molar-refractivity contribution in [2.24, 2.45) is 10.6 Å². The number of hydrogen-bond acceptors (Lipinski definition) is 3. The molecule has 5 nitrogen and oxygen atoms in total. The average Bonchev–Trinajstić information content (AvgIpc) is 3.03. The van der Waals surface area contributed by atoms with E-state index in [0.717, 1.165) is 12.8 Å². The first-order valence-electron chi connectivity index (χ1n) is 5.81. The van der Waals surface area contributed by atoms with E-state index in [4.69, 9.17) is 16.7 Å². The van der Waals surface area contributed by atoms with Gasteiger partial charge in [0, 0.05) is 17.1 Å². The third-order valence-corrected chi connectivity index (χ3v) is 4.35. The van der Waals surface area contributed by atoms with E-state index in [9.17, 15) is 13.2 Å². The Kier molecular flexibility index (Phi) is 3.59. The molecule has 1 aromatic rings. The quantitative estimate of drug-likeness (QED) is 0.883. The zero-order chi connectivity index (χ0) is 14.3. The van der Waals surface area contributed by atoms with Gasteiger partial charge in [0.1, 0.15) is 0 Å². The largest absolute Gasteiger partial charge is 0.351 e. The van der Waals surface area contributed by atoms with Crippen LogP contribution in [0.1, 0.15) is 30.1 Å². The fraction of sp³-hybridized carbons (Fsp3) is 0.417. The summed E-state index contributed by atoms with van der Waals surface area (Å²) in [5.74, 6) is -0.347. The molecule has 0 radical (unpaired) electrons. The van der Waals surface area contributed by atoms with Gasteiger partial charge in [-0.15, -0.1) is 0 Å². The second-order valence-electron chi connectivity index (χ2n) is 5.21. The summed E-state index contributed by atoms with van der Waals surface area (Å²) in [6.07, 6.45) is 2.18. The third kappa shape index (κ3) is 3.68. The van der Waals surface area contributed by atoms with Gasteiger partial charge in [0.05, 0.1) is 4.90 Å². The Balaban J connectivity index is 2.19. The number of primary sulfonamides is 1. The highest BCUT2D eigenvalue weighted by Crippen LogP contribution is 2.44. The number of rotatable bonds is 4. The second-order valence-corrected chi connectivity index (χ2v) is 7.21. The number of nitrogens with one attached hydrogen (secondary N) is 1. The number of carbonyl (C=O) groups is 1. The molecule has 0 aliphatic heterocycles. The van der Waals surface area contributed by atoms with Crippen LogP contribution >= 0.6 is 11.6 Å². The average molecular weight is 303 g/mol. The van der Waals surface area contributed by atoms with Crippen molar-refractivity contribution in [1.29, 1.82) is 0 Å². The van der Waals surface area contributed by atoms with Crippen molar-refractivity contribution in [3.8, 4) is 0 Å². The second kappa shape index (κ2) is 4.77. The molecule has 0 heterocycles. The summed E-state index contributed by atoms with van der Waals surface area (Å²) in [7, 11) is -3.88. The lowest BCUT2D eigenvalue weighted by Crippen LogP contribution is -2.29. The van der Waals surface area contributed by atoms with Crippen molar-refractivity contribution < 1.29 is 13.2 Å². The minimum Gasteiger partial charge on any atom is -0.351 e. The SMILES string of the molecule is CC1(CNC(=O)c2cc(Cl)cc(S(N)(=O)=O)c2)CC1. The first-order valence-corrected chi connectivity index (χ1v) is 7.74. The van der Waals surface area contributed by atoms with Crippen molar-refractivity contribution in [2.75, 3.05) is 6.54 Å². The highest BCUT2D eigenvalue weighted by molar-refractivity contribution is 7.89. The summed E-state index contributed by atoms with van der Waals surface area (Å²) < 4.78 is 22.5. The number of carbonyl (C=O) groups excluding carboxylic acids is 1. The highest BCUT2D eigenvalue weighted by Gasteiger charge is 2.37. The van der Waals surface area contributed by atoms with Gasteiger partial charge in [0.25, 0.3) is 5.91 Å². The molecule has 0 bridgehead atoms. The van der Waals surface area contributed by atoms with Crippen LogP contribution in [0.3, 0.4) is 0 Å². The summed E-state index contributed by atoms with van der Waals surface area (Å²) in [5, 5.41) is 7.97. The van der Waals surface area contributed by atoms with Crippen molar-refractivity contribution in [3.05, 3.63) is 28.8 Å². The lowest BCUT2D eigenvalue weighted by atomic mass is 10.1. The molecule has 0 unspecified atom stereocenters. The molecule has 1 saturated carbocycles. The Morgan fingerprint density at radius 3 is 2.58 bits per heavy atom. The van der Waals surface area contributed by atoms with Crippen LogP contribution in [0.15, 0.2) is 23.1 Å². The Morgan fingerprint density at radius 1 is 1.42 bits per heavy atom. The van der Waals surface area contributed by atoms with E-state index in [0.29, 0.717) is 6.54 Å². The van der Waals surface area contributed by atoms with Crippen LogP contribution in [-0.4, -0.2) is 20.9 Å². The van der Waals surface area contributed by atoms with E-state index in [1.54, 1.807) is 0 Å². The Bertz CT molecular complexity index is 624. The van der Waals surface area contributed by atoms with Crippen molar-refractivity contribution in [3.63, 3.8) is 0 Å². The molecule has 0 saturated heterocycles. The van der Waals surface area contributed by atoms with Crippen LogP contribution in [0.4, 0.5) is 0 Å². The number of hydrogen-bond donors (Lipinski definition) is 2. The van der Waals surface area contributed by atoms with Crippen LogP contribution in [0, 0.1) is 5.41 Å². The van der Waals surface area contributed by atoms with Gasteiger partial charge in [-0.05, 0) is 36.5 Å². The monoisotopic (exact) mass is 302 g/mol. The zero-order valence-corrected chi connectivity index (χ0v) is 12.0. The lowest BCUT2D eigenvalue weighted by Gasteiger charge is -2.11. The molecule has 7 heteroatoms. The van der Waals surface area contributed by atoms with E-state index in [-0.39, 0.29) is 26.8 Å². The summed E-state index contributed by atoms with van der Waals surface area (Å²) in [4.78, 5) is 11.8. The molecule has 2 rings (SSSR count). The predicted molar refractivity (Wildman–Crippen MR) is 72.5 cm³/mol. The third-order valence-electron chi connectivity index (χ3n) is 3.24. The highest BCUT2D eigenvalue weighted by atomic mass is 35.5. The van der Waals surface area contributed by atoms with Gasteiger partial charge in [-0.3, -0.25) is 4.79 Å². The van der Waals surface area contributed by atoms with E-state index in [1.807, 2.05) is 0 Å². The molecule has 1 amide bonds. The minimum atomic E-state index is -3.88. The Hall–Kier alpha value is -1.11. The van der Waals surface area contributed by atoms with Crippen LogP contribution in [-0.2, 0) is 10.0 Å². The maximum Gasteiger partial charge on any atom is 0.251 e. The van der Waals surface area contributed by atoms with Crippen LogP contribution < -0.4 is 10.5 Å². The fourth-order valence-corrected chi connectivity index (χ4v) is 2.53. The normalized spacial score (nSPS) is 17.0. The topological polar surface area (TPSA) is 89.3 Å². The predicted octanol–water partition coefficient (Wildman–Crippen LogP) is 1.52. The molecule has 0 spiro atoms. The van der Waals surface area contributed by atoms with Crippen LogP contribution in [0.25, 0.3) is 0 Å². The molecule has 1 aromatic carbocycles. The Labute approximate surface area is 117 Å². The number of halogens is 1. The number of sulfonamides is 1. The van der Waals surface area contributed by atoms with Gasteiger partial charge in [0.15, 0.2) is 0 Å². The van der Waals surface area contributed by atoms with E-state index < -0.39 is 10.0 Å². The number of amides is 1. The molecule has 0 aromatic heterocycles. The van der Waals surface area contributed by atoms with Gasteiger partial charge in [-0.1, -0.05) is 18.5 Å². The fourth-order valence-electron chi connectivity index (χ4n) is 1.64. The first kappa shape index (κ1) is 14.3. The van der Waals surface area contributed by atoms with Crippen LogP contribution in [0.2, 0.25) is 5.02 Å². The number of benzene rings is 1. The molecule has 1 aliphatic rings. The van der Waals surface area contributed by atoms with Crippen molar-refractivity contribution >= 4 is 27.5 Å². The summed E-state index contributed by atoms with van der Waals surface area (Å²) in [6.45, 7) is 2.66. The van der Waals surface area contributed by atoms with Gasteiger partial charge in [0.2, 0.25) is 10.0 Å². The van der Waals surface area contributed by atoms with Crippen molar-refractivity contribution in [1.82, 2.24) is 5.32 Å². The molecule has 1 fully saturated rings. The lowest BCUT2D eigenvalue weighted by molar-refractivity contribution is 0.0946. The minimum absolute atomic E-state index is 0.161. The molecule has 104 valence electrons. The number of nitrogens with two attached hydrogens (primary N) is 1.